The second-order valence-corrected chi connectivity index (χ2v) is 31.8. The van der Waals surface area contributed by atoms with Crippen molar-refractivity contribution in [1.82, 2.24) is 10.6 Å². The molecule has 0 saturated carbocycles. The largest absolute Gasteiger partial charge is 0.477 e. The Morgan fingerprint density at radius 3 is 1.26 bits per heavy atom. The highest BCUT2D eigenvalue weighted by molar-refractivity contribution is 5.77. The van der Waals surface area contributed by atoms with Crippen LogP contribution in [0.15, 0.2) is 24.3 Å². The molecule has 18 atom stereocenters. The lowest BCUT2D eigenvalue weighted by atomic mass is 9.88. The summed E-state index contributed by atoms with van der Waals surface area (Å²) in [6, 6.07) is -2.62. The van der Waals surface area contributed by atoms with Crippen LogP contribution in [0.5, 0.6) is 0 Å². The van der Waals surface area contributed by atoms with Crippen LogP contribution in [0.3, 0.4) is 0 Å². The predicted octanol–water partition coefficient (Wildman–Crippen LogP) is 13.1. The number of carbonyl (C=O) groups excluding carboxylic acids is 2. The molecular formula is C85H158N2O21. The first kappa shape index (κ1) is 99.4. The number of nitrogens with one attached hydrogen (secondary N) is 2. The van der Waals surface area contributed by atoms with Gasteiger partial charge in [-0.25, -0.2) is 4.79 Å². The van der Waals surface area contributed by atoms with Crippen molar-refractivity contribution in [2.45, 2.75) is 471 Å². The number of hydrogen-bond donors (Lipinski definition) is 14. The third-order valence-electron chi connectivity index (χ3n) is 22.1. The van der Waals surface area contributed by atoms with Crippen molar-refractivity contribution >= 4 is 17.8 Å². The molecule has 0 aromatic carbocycles. The summed E-state index contributed by atoms with van der Waals surface area (Å²) in [6.45, 7) is 2.20. The maximum absolute atomic E-state index is 13.6. The van der Waals surface area contributed by atoms with Crippen LogP contribution >= 0.6 is 0 Å². The molecule has 3 aliphatic rings. The van der Waals surface area contributed by atoms with E-state index in [1.807, 2.05) is 6.08 Å². The first-order valence-electron chi connectivity index (χ1n) is 43.7. The molecule has 0 spiro atoms. The summed E-state index contributed by atoms with van der Waals surface area (Å²) in [5.74, 6) is -6.13. The zero-order chi connectivity index (χ0) is 78.8. The van der Waals surface area contributed by atoms with E-state index in [9.17, 15) is 75.7 Å². The average Bonchev–Trinajstić information content (AvgIpc) is 0.754. The van der Waals surface area contributed by atoms with E-state index in [2.05, 4.69) is 36.6 Å². The number of hydrogen-bond acceptors (Lipinski definition) is 20. The minimum absolute atomic E-state index is 0.204. The third-order valence-corrected chi connectivity index (χ3v) is 22.1. The van der Waals surface area contributed by atoms with E-state index in [1.54, 1.807) is 6.08 Å². The van der Waals surface area contributed by atoms with Crippen molar-refractivity contribution in [2.24, 2.45) is 0 Å². The van der Waals surface area contributed by atoms with E-state index in [4.69, 9.17) is 28.4 Å². The molecule has 23 heteroatoms. The zero-order valence-electron chi connectivity index (χ0n) is 67.5. The third kappa shape index (κ3) is 42.5. The molecule has 23 nitrogen and oxygen atoms in total. The molecule has 14 N–H and O–H groups in total. The first-order valence-corrected chi connectivity index (χ1v) is 43.7. The molecule has 0 aliphatic carbocycles. The molecule has 0 aromatic heterocycles. The van der Waals surface area contributed by atoms with Crippen molar-refractivity contribution in [1.29, 1.82) is 0 Å². The summed E-state index contributed by atoms with van der Waals surface area (Å²) in [6.07, 6.45) is 43.8. The Hall–Kier alpha value is -2.79. The van der Waals surface area contributed by atoms with Crippen LogP contribution in [0.4, 0.5) is 0 Å². The van der Waals surface area contributed by atoms with Gasteiger partial charge < -0.3 is 100 Å². The Morgan fingerprint density at radius 1 is 0.481 bits per heavy atom. The van der Waals surface area contributed by atoms with Gasteiger partial charge in [0, 0.05) is 19.8 Å². The number of carboxylic acids is 1. The van der Waals surface area contributed by atoms with Gasteiger partial charge in [0.25, 0.3) is 5.79 Å². The normalized spacial score (nSPS) is 25.9. The number of unbranched alkanes of at least 4 members (excludes halogenated alkanes) is 48. The molecule has 634 valence electrons. The van der Waals surface area contributed by atoms with Gasteiger partial charge in [0.2, 0.25) is 11.8 Å². The van der Waals surface area contributed by atoms with E-state index in [1.165, 1.54) is 270 Å². The van der Waals surface area contributed by atoms with Gasteiger partial charge in [-0.05, 0) is 44.9 Å². The van der Waals surface area contributed by atoms with Gasteiger partial charge >= 0.3 is 5.97 Å². The predicted molar refractivity (Wildman–Crippen MR) is 421 cm³/mol. The van der Waals surface area contributed by atoms with Gasteiger partial charge in [0.15, 0.2) is 12.6 Å². The Morgan fingerprint density at radius 2 is 0.870 bits per heavy atom. The molecule has 108 heavy (non-hydrogen) atoms. The number of rotatable bonds is 70. The second-order valence-electron chi connectivity index (χ2n) is 31.8. The molecule has 18 unspecified atom stereocenters. The summed E-state index contributed by atoms with van der Waals surface area (Å²) in [4.78, 5) is 38.7. The fourth-order valence-electron chi connectivity index (χ4n) is 15.2. The number of carboxylic acid groups (broad SMARTS) is 1. The van der Waals surface area contributed by atoms with Crippen LogP contribution in [0.1, 0.15) is 361 Å². The lowest BCUT2D eigenvalue weighted by molar-refractivity contribution is -0.386. The number of carbonyl (C=O) groups is 3. The Labute approximate surface area is 651 Å². The number of ether oxygens (including phenoxy) is 6. The SMILES string of the molecule is CCCCCCCCCCCCCCCC/C=C\CCCCCCCCCCCCCCCCCCCC(=O)NC(COC1OC(CO)C(OC2OC(CO)C(O)C(OC3(C(=O)O)CC(O)C(NC(C)=O)C(C(O)C(O)CO)O3)C2O)C(O)C1O)C(O)/C=C/CCCCCCCCCCCCCCCCCCC. The van der Waals surface area contributed by atoms with Gasteiger partial charge in [-0.15, -0.1) is 0 Å². The zero-order valence-corrected chi connectivity index (χ0v) is 67.5. The average molecular weight is 1540 g/mol. The topological polar surface area (TPSA) is 373 Å². The van der Waals surface area contributed by atoms with E-state index >= 15 is 0 Å². The fraction of sp³-hybridized carbons (Fsp3) is 0.918. The molecular weight excluding hydrogens is 1380 g/mol. The smallest absolute Gasteiger partial charge is 0.364 e. The van der Waals surface area contributed by atoms with Crippen LogP contribution < -0.4 is 10.6 Å². The van der Waals surface area contributed by atoms with Gasteiger partial charge in [-0.2, -0.15) is 0 Å². The molecule has 3 saturated heterocycles. The van der Waals surface area contributed by atoms with Crippen LogP contribution in [0.2, 0.25) is 0 Å². The lowest BCUT2D eigenvalue weighted by Gasteiger charge is -2.50. The molecule has 3 rings (SSSR count). The van der Waals surface area contributed by atoms with Gasteiger partial charge in [-0.1, -0.05) is 321 Å². The van der Waals surface area contributed by atoms with E-state index < -0.39 is 155 Å². The summed E-state index contributed by atoms with van der Waals surface area (Å²) in [5.41, 5.74) is 0. The van der Waals surface area contributed by atoms with Crippen LogP contribution in [-0.4, -0.2) is 215 Å². The van der Waals surface area contributed by atoms with E-state index in [0.717, 1.165) is 51.9 Å². The summed E-state index contributed by atoms with van der Waals surface area (Å²) >= 11 is 0. The number of aliphatic carboxylic acids is 1. The summed E-state index contributed by atoms with van der Waals surface area (Å²) in [5, 5.41) is 137. The molecule has 0 bridgehead atoms. The van der Waals surface area contributed by atoms with Crippen LogP contribution in [0, 0.1) is 0 Å². The Kier molecular flexibility index (Phi) is 58.5. The Bertz CT molecular complexity index is 2240. The summed E-state index contributed by atoms with van der Waals surface area (Å²) < 4.78 is 34.9. The van der Waals surface area contributed by atoms with Crippen molar-refractivity contribution in [3.63, 3.8) is 0 Å². The van der Waals surface area contributed by atoms with Crippen LogP contribution in [-0.2, 0) is 42.8 Å². The standard InChI is InChI=1S/C85H158N2O21/c1-4-6-8-10-12-14-16-18-20-22-24-25-26-27-28-29-30-31-32-33-34-35-36-37-38-39-41-43-45-47-49-51-53-55-57-59-72(95)87-66(67(92)58-56-54-52-50-48-46-44-42-40-23-21-19-17-15-13-11-9-7-5-2)64-103-82-77(99)76(98)79(71(63-90)105-82)106-83-78(100)81(75(97)70(62-89)104-83)108-85(84(101)102)60-68(93)73(86-65(3)91)80(107-85)74(96)69(94)61-88/h29-30,56,58,66-71,73-83,88-90,92-94,96-100H,4-28,31-55,57,59-64H2,1-3H3,(H,86,91)(H,87,95)(H,101,102)/b30-29-,58-56+. The highest BCUT2D eigenvalue weighted by Gasteiger charge is 2.60. The number of aliphatic hydroxyl groups is 11. The van der Waals surface area contributed by atoms with E-state index in [-0.39, 0.29) is 12.3 Å². The maximum Gasteiger partial charge on any atom is 0.364 e. The van der Waals surface area contributed by atoms with Crippen molar-refractivity contribution in [3.05, 3.63) is 24.3 Å². The van der Waals surface area contributed by atoms with E-state index in [0.29, 0.717) is 12.8 Å². The molecule has 3 aliphatic heterocycles. The minimum Gasteiger partial charge on any atom is -0.477 e. The maximum atomic E-state index is 13.6. The van der Waals surface area contributed by atoms with Gasteiger partial charge in [0.05, 0.1) is 50.7 Å². The first-order chi connectivity index (χ1) is 52.4. The fourth-order valence-corrected chi connectivity index (χ4v) is 15.2. The molecule has 3 fully saturated rings. The van der Waals surface area contributed by atoms with Gasteiger partial charge in [-0.3, -0.25) is 9.59 Å². The van der Waals surface area contributed by atoms with Crippen LogP contribution in [0.25, 0.3) is 0 Å². The second kappa shape index (κ2) is 63.5. The van der Waals surface area contributed by atoms with Gasteiger partial charge in [0.1, 0.15) is 67.1 Å². The molecule has 0 aromatic rings. The monoisotopic (exact) mass is 1540 g/mol. The molecule has 3 heterocycles. The van der Waals surface area contributed by atoms with Crippen molar-refractivity contribution in [3.8, 4) is 0 Å². The molecule has 2 amide bonds. The number of aliphatic hydroxyl groups excluding tert-OH is 11. The number of allylic oxidation sites excluding steroid dienone is 3. The highest BCUT2D eigenvalue weighted by atomic mass is 16.8. The minimum atomic E-state index is -3.08. The number of amides is 2. The van der Waals surface area contributed by atoms with Crippen molar-refractivity contribution in [2.75, 3.05) is 26.4 Å². The lowest BCUT2D eigenvalue weighted by Crippen LogP contribution is -2.70. The summed E-state index contributed by atoms with van der Waals surface area (Å²) in [7, 11) is 0. The molecule has 0 radical (unpaired) electrons. The quantitative estimate of drug-likeness (QED) is 0.0199. The van der Waals surface area contributed by atoms with Crippen molar-refractivity contribution < 1.29 is 104 Å². The highest BCUT2D eigenvalue weighted by Crippen LogP contribution is 2.39. The Balaban J connectivity index is 1.44.